The monoisotopic (exact) mass is 562 g/mol. The van der Waals surface area contributed by atoms with Crippen LogP contribution in [0, 0.1) is 5.82 Å². The van der Waals surface area contributed by atoms with E-state index in [0.29, 0.717) is 41.0 Å². The summed E-state index contributed by atoms with van der Waals surface area (Å²) in [5.41, 5.74) is 4.13. The Bertz CT molecular complexity index is 1490. The topological polar surface area (TPSA) is 67.6 Å². The Balaban J connectivity index is 1.47. The summed E-state index contributed by atoms with van der Waals surface area (Å²) >= 11 is 7.31. The molecular weight excluding hydrogens is 535 g/mol. The molecule has 1 aromatic heterocycles. The van der Waals surface area contributed by atoms with Crippen molar-refractivity contribution in [1.29, 1.82) is 0 Å². The van der Waals surface area contributed by atoms with Gasteiger partial charge in [-0.2, -0.15) is 4.98 Å². The highest BCUT2D eigenvalue weighted by Gasteiger charge is 2.16. The molecule has 0 saturated heterocycles. The predicted molar refractivity (Wildman–Crippen MR) is 156 cm³/mol. The van der Waals surface area contributed by atoms with Crippen molar-refractivity contribution in [2.45, 2.75) is 30.4 Å². The zero-order chi connectivity index (χ0) is 27.8. The van der Waals surface area contributed by atoms with Crippen LogP contribution in [-0.2, 0) is 30.1 Å². The molecule has 9 heteroatoms. The van der Waals surface area contributed by atoms with Crippen LogP contribution in [-0.4, -0.2) is 40.7 Å². The van der Waals surface area contributed by atoms with Gasteiger partial charge >= 0.3 is 0 Å². The average Bonchev–Trinajstić information content (AvgIpc) is 2.94. The molecule has 0 spiro atoms. The van der Waals surface area contributed by atoms with Gasteiger partial charge in [0.05, 0.1) is 0 Å². The molecular formula is C30H28ClFN4O2S. The van der Waals surface area contributed by atoms with Crippen molar-refractivity contribution in [3.8, 4) is 11.1 Å². The van der Waals surface area contributed by atoms with E-state index in [9.17, 15) is 14.0 Å². The lowest BCUT2D eigenvalue weighted by Gasteiger charge is -2.20. The predicted octanol–water partition coefficient (Wildman–Crippen LogP) is 5.90. The van der Waals surface area contributed by atoms with Crippen molar-refractivity contribution in [2.75, 3.05) is 13.6 Å². The Kier molecular flexibility index (Phi) is 9.68. The van der Waals surface area contributed by atoms with Gasteiger partial charge in [0.15, 0.2) is 5.16 Å². The van der Waals surface area contributed by atoms with Gasteiger partial charge in [-0.1, -0.05) is 71.9 Å². The largest absolute Gasteiger partial charge is 0.340 e. The third kappa shape index (κ3) is 7.88. The van der Waals surface area contributed by atoms with Crippen molar-refractivity contribution in [1.82, 2.24) is 14.5 Å². The highest BCUT2D eigenvalue weighted by Crippen LogP contribution is 2.23. The number of benzene rings is 3. The second kappa shape index (κ2) is 13.4. The Morgan fingerprint density at radius 1 is 1.03 bits per heavy atom. The van der Waals surface area contributed by atoms with Crippen LogP contribution >= 0.6 is 23.4 Å². The van der Waals surface area contributed by atoms with Gasteiger partial charge in [0.2, 0.25) is 5.91 Å². The van der Waals surface area contributed by atoms with E-state index in [2.05, 4.69) is 16.7 Å². The molecule has 0 N–H and O–H groups in total. The quantitative estimate of drug-likeness (QED) is 0.130. The molecule has 3 aromatic carbocycles. The first kappa shape index (κ1) is 28.3. The van der Waals surface area contributed by atoms with Gasteiger partial charge in [-0.25, -0.2) is 4.39 Å². The number of carbonyl (C=O) groups excluding carboxylic acids is 1. The minimum atomic E-state index is -0.349. The Morgan fingerprint density at radius 2 is 1.64 bits per heavy atom. The van der Waals surface area contributed by atoms with Gasteiger partial charge in [0.25, 0.3) is 5.56 Å². The molecule has 4 rings (SSSR count). The van der Waals surface area contributed by atoms with E-state index < -0.39 is 0 Å². The number of halogens is 2. The highest BCUT2D eigenvalue weighted by atomic mass is 35.5. The number of hydrogen-bond donors (Lipinski definition) is 0. The molecule has 0 radical (unpaired) electrons. The van der Waals surface area contributed by atoms with E-state index in [-0.39, 0.29) is 23.8 Å². The van der Waals surface area contributed by atoms with E-state index in [4.69, 9.17) is 11.6 Å². The van der Waals surface area contributed by atoms with Crippen molar-refractivity contribution in [3.05, 3.63) is 117 Å². The lowest BCUT2D eigenvalue weighted by molar-refractivity contribution is -0.131. The third-order valence-corrected chi connectivity index (χ3v) is 7.45. The van der Waals surface area contributed by atoms with Gasteiger partial charge < -0.3 is 14.5 Å². The molecule has 0 saturated carbocycles. The van der Waals surface area contributed by atoms with Crippen molar-refractivity contribution < 1.29 is 9.18 Å². The fourth-order valence-electron chi connectivity index (χ4n) is 3.92. The van der Waals surface area contributed by atoms with Gasteiger partial charge in [-0.15, -0.1) is 0 Å². The van der Waals surface area contributed by atoms with Crippen LogP contribution in [0.4, 0.5) is 4.39 Å². The first-order valence-corrected chi connectivity index (χ1v) is 13.7. The van der Waals surface area contributed by atoms with Crippen molar-refractivity contribution in [2.24, 2.45) is 4.99 Å². The minimum absolute atomic E-state index is 0.0207. The first-order chi connectivity index (χ1) is 18.8. The van der Waals surface area contributed by atoms with Crippen molar-refractivity contribution >= 4 is 36.0 Å². The highest BCUT2D eigenvalue weighted by molar-refractivity contribution is 7.98. The van der Waals surface area contributed by atoms with Gasteiger partial charge in [-0.3, -0.25) is 9.59 Å². The summed E-state index contributed by atoms with van der Waals surface area (Å²) in [5.74, 6) is 0.0375. The maximum Gasteiger partial charge on any atom is 0.276 e. The molecule has 200 valence electrons. The molecule has 1 amide bonds. The third-order valence-electron chi connectivity index (χ3n) is 6.13. The Morgan fingerprint density at radius 3 is 2.28 bits per heavy atom. The molecule has 39 heavy (non-hydrogen) atoms. The zero-order valence-corrected chi connectivity index (χ0v) is 23.1. The number of hydrogen-bond acceptors (Lipinski definition) is 5. The fraction of sp³-hybridized carbons (Fsp3) is 0.200. The summed E-state index contributed by atoms with van der Waals surface area (Å²) in [6.07, 6.45) is 2.07. The number of nitrogens with zero attached hydrogens (tertiary/aromatic N) is 4. The Hall–Kier alpha value is -3.75. The molecule has 4 aromatic rings. The van der Waals surface area contributed by atoms with E-state index in [1.165, 1.54) is 23.9 Å². The second-order valence-electron chi connectivity index (χ2n) is 9.05. The molecule has 0 aliphatic rings. The number of aromatic nitrogens is 2. The van der Waals surface area contributed by atoms with E-state index in [1.807, 2.05) is 48.5 Å². The van der Waals surface area contributed by atoms with Gasteiger partial charge in [0.1, 0.15) is 12.4 Å². The van der Waals surface area contributed by atoms with Gasteiger partial charge in [-0.05, 0) is 59.7 Å². The SMILES string of the molecule is C=NCCc1cn(CC(=O)N(C)Cc2ccc(-c3ccc(Cl)cc3)cc2)c(SCc2ccc(F)cc2)nc1=O. The summed E-state index contributed by atoms with van der Waals surface area (Å²) in [4.78, 5) is 35.6. The number of thioether (sulfide) groups is 1. The molecule has 0 aliphatic heterocycles. The number of carbonyl (C=O) groups is 1. The summed E-state index contributed by atoms with van der Waals surface area (Å²) < 4.78 is 15.0. The lowest BCUT2D eigenvalue weighted by Crippen LogP contribution is -2.31. The van der Waals surface area contributed by atoms with Crippen LogP contribution in [0.15, 0.2) is 93.9 Å². The number of amides is 1. The van der Waals surface area contributed by atoms with E-state index >= 15 is 0 Å². The molecule has 0 fully saturated rings. The summed E-state index contributed by atoms with van der Waals surface area (Å²) in [6.45, 7) is 4.31. The van der Waals surface area contributed by atoms with Crippen LogP contribution in [0.5, 0.6) is 0 Å². The summed E-state index contributed by atoms with van der Waals surface area (Å²) in [6, 6.07) is 21.8. The van der Waals surface area contributed by atoms with Crippen LogP contribution in [0.3, 0.4) is 0 Å². The maximum absolute atomic E-state index is 13.3. The standard InChI is InChI=1S/C30H28ClFN4O2S/c1-33-16-15-25-18-36(30(34-29(25)38)39-20-22-5-13-27(32)14-6-22)19-28(37)35(2)17-21-3-7-23(8-4-21)24-9-11-26(31)12-10-24/h3-14,18H,1,15-17,19-20H2,2H3. The van der Waals surface area contributed by atoms with Gasteiger partial charge in [0, 0.05) is 42.7 Å². The Labute approximate surface area is 236 Å². The van der Waals surface area contributed by atoms with E-state index in [1.54, 1.807) is 34.8 Å². The molecule has 0 atom stereocenters. The smallest absolute Gasteiger partial charge is 0.276 e. The van der Waals surface area contributed by atoms with Crippen molar-refractivity contribution in [3.63, 3.8) is 0 Å². The first-order valence-electron chi connectivity index (χ1n) is 12.3. The molecule has 0 aliphatic carbocycles. The average molecular weight is 563 g/mol. The van der Waals surface area contributed by atoms with E-state index in [0.717, 1.165) is 22.3 Å². The normalized spacial score (nSPS) is 10.8. The van der Waals surface area contributed by atoms with Crippen LogP contribution in [0.25, 0.3) is 11.1 Å². The molecule has 0 unspecified atom stereocenters. The van der Waals surface area contributed by atoms with Crippen LogP contribution in [0.1, 0.15) is 16.7 Å². The molecule has 6 nitrogen and oxygen atoms in total. The van der Waals surface area contributed by atoms with Crippen LogP contribution < -0.4 is 5.56 Å². The summed E-state index contributed by atoms with van der Waals surface area (Å²) in [7, 11) is 1.75. The molecule has 1 heterocycles. The lowest BCUT2D eigenvalue weighted by atomic mass is 10.0. The second-order valence-corrected chi connectivity index (χ2v) is 10.4. The minimum Gasteiger partial charge on any atom is -0.340 e. The maximum atomic E-state index is 13.3. The number of aliphatic imine (C=N–C) groups is 1. The summed E-state index contributed by atoms with van der Waals surface area (Å²) in [5, 5.41) is 1.11. The fourth-order valence-corrected chi connectivity index (χ4v) is 4.97. The zero-order valence-electron chi connectivity index (χ0n) is 21.5. The molecule has 0 bridgehead atoms. The van der Waals surface area contributed by atoms with Crippen LogP contribution in [0.2, 0.25) is 5.02 Å². The number of likely N-dealkylation sites (N-methyl/N-ethyl adjacent to an activating group) is 1. The number of rotatable bonds is 11.